The fourth-order valence-corrected chi connectivity index (χ4v) is 5.04. The molecule has 0 unspecified atom stereocenters. The Morgan fingerprint density at radius 3 is 2.31 bits per heavy atom. The number of nitrogens with zero attached hydrogens (tertiary/aromatic N) is 2. The Labute approximate surface area is 176 Å². The van der Waals surface area contributed by atoms with Gasteiger partial charge in [-0.1, -0.05) is 25.7 Å². The molecule has 0 radical (unpaired) electrons. The van der Waals surface area contributed by atoms with Crippen LogP contribution in [0.4, 0.5) is 0 Å². The first-order valence-electron chi connectivity index (χ1n) is 10.3. The van der Waals surface area contributed by atoms with E-state index < -0.39 is 0 Å². The van der Waals surface area contributed by atoms with Crippen LogP contribution in [0.15, 0.2) is 4.99 Å². The van der Waals surface area contributed by atoms with Crippen molar-refractivity contribution in [2.24, 2.45) is 10.4 Å². The van der Waals surface area contributed by atoms with Crippen LogP contribution < -0.4 is 5.32 Å². The van der Waals surface area contributed by atoms with Crippen LogP contribution in [0, 0.1) is 5.41 Å². The van der Waals surface area contributed by atoms with Gasteiger partial charge in [0, 0.05) is 59.8 Å². The molecule has 0 aromatic carbocycles. The van der Waals surface area contributed by atoms with Crippen LogP contribution in [0.25, 0.3) is 0 Å². The number of methoxy groups -OCH3 is 1. The first kappa shape index (κ1) is 22.2. The largest absolute Gasteiger partial charge is 0.381 e. The van der Waals surface area contributed by atoms with Gasteiger partial charge in [0.05, 0.1) is 5.60 Å². The molecule has 0 amide bonds. The van der Waals surface area contributed by atoms with Crippen molar-refractivity contribution in [1.29, 1.82) is 0 Å². The zero-order valence-electron chi connectivity index (χ0n) is 16.7. The summed E-state index contributed by atoms with van der Waals surface area (Å²) in [6.45, 7) is 4.71. The summed E-state index contributed by atoms with van der Waals surface area (Å²) >= 11 is 0. The predicted molar refractivity (Wildman–Crippen MR) is 118 cm³/mol. The van der Waals surface area contributed by atoms with Gasteiger partial charge in [-0.2, -0.15) is 0 Å². The maximum Gasteiger partial charge on any atom is 0.193 e. The zero-order valence-corrected chi connectivity index (χ0v) is 19.1. The number of rotatable bonds is 3. The second kappa shape index (κ2) is 10.5. The lowest BCUT2D eigenvalue weighted by Gasteiger charge is -2.44. The highest BCUT2D eigenvalue weighted by molar-refractivity contribution is 14.0. The molecule has 0 aromatic heterocycles. The molecule has 1 N–H and O–H groups in total. The van der Waals surface area contributed by atoms with E-state index in [0.29, 0.717) is 5.41 Å². The zero-order chi connectivity index (χ0) is 17.6. The number of halogens is 1. The number of nitrogens with one attached hydrogen (secondary N) is 1. The van der Waals surface area contributed by atoms with Gasteiger partial charge in [-0.05, 0) is 31.1 Å². The Morgan fingerprint density at radius 2 is 1.69 bits per heavy atom. The molecule has 3 rings (SSSR count). The topological polar surface area (TPSA) is 46.1 Å². The van der Waals surface area contributed by atoms with E-state index in [1.54, 1.807) is 0 Å². The molecule has 1 aliphatic carbocycles. The van der Waals surface area contributed by atoms with Crippen LogP contribution in [0.2, 0.25) is 0 Å². The summed E-state index contributed by atoms with van der Waals surface area (Å²) in [5, 5.41) is 3.63. The van der Waals surface area contributed by atoms with Crippen molar-refractivity contribution in [3.05, 3.63) is 0 Å². The first-order valence-corrected chi connectivity index (χ1v) is 10.3. The summed E-state index contributed by atoms with van der Waals surface area (Å²) in [6, 6.07) is 0. The lowest BCUT2D eigenvalue weighted by Crippen LogP contribution is -2.54. The van der Waals surface area contributed by atoms with Crippen LogP contribution in [0.5, 0.6) is 0 Å². The Bertz CT molecular complexity index is 444. The molecule has 152 valence electrons. The van der Waals surface area contributed by atoms with E-state index in [1.807, 2.05) is 14.2 Å². The molecule has 26 heavy (non-hydrogen) atoms. The van der Waals surface area contributed by atoms with Gasteiger partial charge in [0.15, 0.2) is 5.96 Å². The summed E-state index contributed by atoms with van der Waals surface area (Å²) in [6.07, 6.45) is 13.1. The highest BCUT2D eigenvalue weighted by Gasteiger charge is 2.37. The highest BCUT2D eigenvalue weighted by atomic mass is 127. The summed E-state index contributed by atoms with van der Waals surface area (Å²) in [5.74, 6) is 1.06. The minimum Gasteiger partial charge on any atom is -0.381 e. The second-order valence-electron chi connectivity index (χ2n) is 8.34. The Balaban J connectivity index is 0.00000243. The van der Waals surface area contributed by atoms with Crippen molar-refractivity contribution in [1.82, 2.24) is 10.2 Å². The monoisotopic (exact) mass is 479 g/mol. The molecular weight excluding hydrogens is 441 g/mol. The SMILES string of the molecule is CN=C(NCC1(OC)CCOCC1)N1CCCC2(CCCCCC2)C1.I. The lowest BCUT2D eigenvalue weighted by molar-refractivity contribution is -0.0858. The van der Waals surface area contributed by atoms with E-state index in [0.717, 1.165) is 45.1 Å². The summed E-state index contributed by atoms with van der Waals surface area (Å²) < 4.78 is 11.4. The third-order valence-electron chi connectivity index (χ3n) is 6.74. The number of aliphatic imine (C=N–C) groups is 1. The van der Waals surface area contributed by atoms with Gasteiger partial charge in [-0.3, -0.25) is 4.99 Å². The average molecular weight is 479 g/mol. The van der Waals surface area contributed by atoms with Gasteiger partial charge < -0.3 is 19.7 Å². The quantitative estimate of drug-likeness (QED) is 0.380. The number of guanidine groups is 1. The van der Waals surface area contributed by atoms with E-state index in [2.05, 4.69) is 15.2 Å². The Hall–Kier alpha value is -0.0800. The minimum atomic E-state index is -0.107. The second-order valence-corrected chi connectivity index (χ2v) is 8.34. The number of piperidine rings is 1. The third-order valence-corrected chi connectivity index (χ3v) is 6.74. The van der Waals surface area contributed by atoms with Gasteiger partial charge in [-0.25, -0.2) is 0 Å². The standard InChI is InChI=1S/C20H37N3O2.HI/c1-21-18(22-16-20(24-2)11-14-25-15-12-20)23-13-7-10-19(17-23)8-5-3-4-6-9-19;/h3-17H2,1-2H3,(H,21,22);1H. The van der Waals surface area contributed by atoms with Crippen molar-refractivity contribution in [2.45, 2.75) is 69.8 Å². The van der Waals surface area contributed by atoms with Gasteiger partial charge in [0.1, 0.15) is 0 Å². The van der Waals surface area contributed by atoms with E-state index in [4.69, 9.17) is 9.47 Å². The maximum atomic E-state index is 5.87. The van der Waals surface area contributed by atoms with Crippen molar-refractivity contribution in [2.75, 3.05) is 47.0 Å². The third kappa shape index (κ3) is 5.47. The number of likely N-dealkylation sites (tertiary alicyclic amines) is 1. The molecule has 0 atom stereocenters. The molecular formula is C20H38IN3O2. The van der Waals surface area contributed by atoms with Crippen LogP contribution in [0.3, 0.4) is 0 Å². The summed E-state index contributed by atoms with van der Waals surface area (Å²) in [7, 11) is 3.75. The molecule has 3 aliphatic rings. The molecule has 2 saturated heterocycles. The molecule has 2 aliphatic heterocycles. The molecule has 0 bridgehead atoms. The number of ether oxygens (including phenoxy) is 2. The van der Waals surface area contributed by atoms with Crippen molar-refractivity contribution in [3.8, 4) is 0 Å². The predicted octanol–water partition coefficient (Wildman–Crippen LogP) is 3.81. The highest BCUT2D eigenvalue weighted by Crippen LogP contribution is 2.42. The fourth-order valence-electron chi connectivity index (χ4n) is 5.04. The van der Waals surface area contributed by atoms with Crippen LogP contribution >= 0.6 is 24.0 Å². The molecule has 3 fully saturated rings. The van der Waals surface area contributed by atoms with E-state index in [1.165, 1.54) is 57.9 Å². The van der Waals surface area contributed by atoms with Gasteiger partial charge >= 0.3 is 0 Å². The Kier molecular flexibility index (Phi) is 8.94. The molecule has 5 nitrogen and oxygen atoms in total. The molecule has 2 heterocycles. The minimum absolute atomic E-state index is 0. The lowest BCUT2D eigenvalue weighted by atomic mass is 9.74. The van der Waals surface area contributed by atoms with E-state index >= 15 is 0 Å². The normalized spacial score (nSPS) is 26.1. The van der Waals surface area contributed by atoms with Crippen molar-refractivity contribution >= 4 is 29.9 Å². The molecule has 6 heteroatoms. The Morgan fingerprint density at radius 1 is 1.04 bits per heavy atom. The average Bonchev–Trinajstić information content (AvgIpc) is 2.88. The summed E-state index contributed by atoms with van der Waals surface area (Å²) in [5.41, 5.74) is 0.425. The summed E-state index contributed by atoms with van der Waals surface area (Å²) in [4.78, 5) is 7.12. The maximum absolute atomic E-state index is 5.87. The smallest absolute Gasteiger partial charge is 0.193 e. The molecule has 0 aromatic rings. The van der Waals surface area contributed by atoms with Crippen molar-refractivity contribution in [3.63, 3.8) is 0 Å². The van der Waals surface area contributed by atoms with Crippen LogP contribution in [-0.2, 0) is 9.47 Å². The first-order chi connectivity index (χ1) is 12.2. The van der Waals surface area contributed by atoms with Gasteiger partial charge in [-0.15, -0.1) is 24.0 Å². The number of hydrogen-bond acceptors (Lipinski definition) is 3. The van der Waals surface area contributed by atoms with Gasteiger partial charge in [0.2, 0.25) is 0 Å². The van der Waals surface area contributed by atoms with Crippen LogP contribution in [-0.4, -0.2) is 63.5 Å². The van der Waals surface area contributed by atoms with E-state index in [9.17, 15) is 0 Å². The van der Waals surface area contributed by atoms with E-state index in [-0.39, 0.29) is 29.6 Å². The fraction of sp³-hybridized carbons (Fsp3) is 0.950. The van der Waals surface area contributed by atoms with Gasteiger partial charge in [0.25, 0.3) is 0 Å². The number of hydrogen-bond donors (Lipinski definition) is 1. The van der Waals surface area contributed by atoms with Crippen molar-refractivity contribution < 1.29 is 9.47 Å². The molecule has 1 spiro atoms. The van der Waals surface area contributed by atoms with Crippen LogP contribution in [0.1, 0.15) is 64.2 Å². The molecule has 1 saturated carbocycles.